The molecular formula is C21H30O4. The fraction of sp³-hybridized carbons (Fsp3) is 0.762. The lowest BCUT2D eigenvalue weighted by molar-refractivity contribution is -0.320. The Labute approximate surface area is 150 Å². The standard InChI is InChI=1S/C21H30O4/c1-13-5-8-17-19(2,9-10-21(4)20(17,3)12-25-21)15(13)7-6-14-16(22)11-24-18(14)23/h6,15-17,22H,1,5,7-12H2,2-4H3/b14-6+/t15-,16-,17+,19+,20+,21-/m1/s1. The zero-order valence-corrected chi connectivity index (χ0v) is 15.6. The molecule has 6 atom stereocenters. The molecule has 0 aromatic heterocycles. The van der Waals surface area contributed by atoms with Crippen LogP contribution in [0.1, 0.15) is 52.9 Å². The Hall–Kier alpha value is -1.13. The monoisotopic (exact) mass is 346 g/mol. The van der Waals surface area contributed by atoms with Crippen molar-refractivity contribution in [3.8, 4) is 0 Å². The second-order valence-electron chi connectivity index (χ2n) is 9.25. The number of aliphatic hydroxyl groups excluding tert-OH is 1. The van der Waals surface area contributed by atoms with Crippen molar-refractivity contribution < 1.29 is 19.4 Å². The Morgan fingerprint density at radius 3 is 2.68 bits per heavy atom. The minimum atomic E-state index is -0.778. The van der Waals surface area contributed by atoms with E-state index < -0.39 is 6.10 Å². The minimum absolute atomic E-state index is 0.0182. The van der Waals surface area contributed by atoms with Gasteiger partial charge in [-0.15, -0.1) is 0 Å². The van der Waals surface area contributed by atoms with Gasteiger partial charge in [0.2, 0.25) is 0 Å². The molecule has 4 fully saturated rings. The summed E-state index contributed by atoms with van der Waals surface area (Å²) in [5.41, 5.74) is 2.15. The lowest BCUT2D eigenvalue weighted by Crippen LogP contribution is -2.70. The third-order valence-corrected chi connectivity index (χ3v) is 8.19. The summed E-state index contributed by atoms with van der Waals surface area (Å²) in [6.07, 6.45) is 6.35. The third-order valence-electron chi connectivity index (χ3n) is 8.19. The summed E-state index contributed by atoms with van der Waals surface area (Å²) in [5.74, 6) is 0.592. The number of aliphatic hydroxyl groups is 1. The third kappa shape index (κ3) is 2.23. The molecule has 2 aliphatic carbocycles. The predicted octanol–water partition coefficient (Wildman–Crippen LogP) is 3.40. The smallest absolute Gasteiger partial charge is 0.336 e. The Bertz CT molecular complexity index is 652. The molecule has 0 amide bonds. The van der Waals surface area contributed by atoms with Gasteiger partial charge in [0.05, 0.1) is 17.8 Å². The number of hydrogen-bond donors (Lipinski definition) is 1. The average Bonchev–Trinajstić information content (AvgIpc) is 2.88. The summed E-state index contributed by atoms with van der Waals surface area (Å²) in [6, 6.07) is 0. The molecule has 138 valence electrons. The quantitative estimate of drug-likeness (QED) is 0.473. The van der Waals surface area contributed by atoms with Crippen LogP contribution in [0.5, 0.6) is 0 Å². The molecule has 0 radical (unpaired) electrons. The van der Waals surface area contributed by atoms with Gasteiger partial charge in [-0.1, -0.05) is 32.1 Å². The number of cyclic esters (lactones) is 1. The summed E-state index contributed by atoms with van der Waals surface area (Å²) in [5, 5.41) is 9.96. The first-order valence-corrected chi connectivity index (χ1v) is 9.58. The van der Waals surface area contributed by atoms with Crippen LogP contribution in [0.4, 0.5) is 0 Å². The molecule has 2 saturated heterocycles. The van der Waals surface area contributed by atoms with E-state index in [1.165, 1.54) is 12.0 Å². The summed E-state index contributed by atoms with van der Waals surface area (Å²) < 4.78 is 11.0. The maximum absolute atomic E-state index is 11.8. The van der Waals surface area contributed by atoms with Gasteiger partial charge < -0.3 is 14.6 Å². The molecule has 1 N–H and O–H groups in total. The van der Waals surface area contributed by atoms with Crippen molar-refractivity contribution in [2.75, 3.05) is 13.2 Å². The van der Waals surface area contributed by atoms with Gasteiger partial charge in [-0.05, 0) is 56.3 Å². The van der Waals surface area contributed by atoms with Crippen molar-refractivity contribution in [1.82, 2.24) is 0 Å². The first-order chi connectivity index (χ1) is 11.7. The summed E-state index contributed by atoms with van der Waals surface area (Å²) in [6.45, 7) is 12.4. The minimum Gasteiger partial charge on any atom is -0.459 e. The number of hydrogen-bond acceptors (Lipinski definition) is 4. The molecule has 0 spiro atoms. The zero-order valence-electron chi connectivity index (χ0n) is 15.6. The van der Waals surface area contributed by atoms with E-state index in [1.807, 2.05) is 6.08 Å². The van der Waals surface area contributed by atoms with E-state index >= 15 is 0 Å². The maximum atomic E-state index is 11.8. The molecule has 4 nitrogen and oxygen atoms in total. The molecule has 0 bridgehead atoms. The fourth-order valence-electron chi connectivity index (χ4n) is 6.18. The molecule has 25 heavy (non-hydrogen) atoms. The van der Waals surface area contributed by atoms with Crippen LogP contribution in [0.15, 0.2) is 23.8 Å². The molecule has 4 aliphatic rings. The van der Waals surface area contributed by atoms with Crippen LogP contribution in [0.3, 0.4) is 0 Å². The number of allylic oxidation sites excluding steroid dienone is 2. The van der Waals surface area contributed by atoms with E-state index in [0.29, 0.717) is 17.4 Å². The lowest BCUT2D eigenvalue weighted by Gasteiger charge is -2.69. The number of fused-ring (bicyclic) bond motifs is 3. The topological polar surface area (TPSA) is 55.8 Å². The van der Waals surface area contributed by atoms with Crippen LogP contribution >= 0.6 is 0 Å². The summed E-state index contributed by atoms with van der Waals surface area (Å²) in [7, 11) is 0. The van der Waals surface area contributed by atoms with E-state index in [4.69, 9.17) is 9.47 Å². The Morgan fingerprint density at radius 1 is 1.32 bits per heavy atom. The maximum Gasteiger partial charge on any atom is 0.336 e. The molecule has 0 aromatic carbocycles. The molecule has 0 aromatic rings. The number of ether oxygens (including phenoxy) is 2. The van der Waals surface area contributed by atoms with Crippen molar-refractivity contribution in [3.05, 3.63) is 23.8 Å². The Morgan fingerprint density at radius 2 is 2.08 bits per heavy atom. The number of carbonyl (C=O) groups excluding carboxylic acids is 1. The fourth-order valence-corrected chi connectivity index (χ4v) is 6.18. The van der Waals surface area contributed by atoms with Gasteiger partial charge in [0.1, 0.15) is 12.7 Å². The normalized spacial score (nSPS) is 50.9. The predicted molar refractivity (Wildman–Crippen MR) is 94.8 cm³/mol. The highest BCUT2D eigenvalue weighted by atomic mass is 16.6. The average molecular weight is 346 g/mol. The highest BCUT2D eigenvalue weighted by Crippen LogP contribution is 2.68. The largest absolute Gasteiger partial charge is 0.459 e. The number of esters is 1. The van der Waals surface area contributed by atoms with E-state index in [1.54, 1.807) is 0 Å². The second-order valence-corrected chi connectivity index (χ2v) is 9.25. The highest BCUT2D eigenvalue weighted by Gasteiger charge is 2.67. The van der Waals surface area contributed by atoms with Crippen LogP contribution in [0.25, 0.3) is 0 Å². The molecule has 0 unspecified atom stereocenters. The van der Waals surface area contributed by atoms with Gasteiger partial charge in [-0.3, -0.25) is 0 Å². The van der Waals surface area contributed by atoms with Gasteiger partial charge in [0, 0.05) is 5.41 Å². The van der Waals surface area contributed by atoms with Crippen LogP contribution in [-0.4, -0.2) is 36.0 Å². The number of carbonyl (C=O) groups is 1. The van der Waals surface area contributed by atoms with Crippen molar-refractivity contribution >= 4 is 5.97 Å². The van der Waals surface area contributed by atoms with E-state index in [-0.39, 0.29) is 29.0 Å². The molecule has 4 heteroatoms. The first kappa shape index (κ1) is 17.3. The SMILES string of the molecule is C=C1CC[C@H]2[C@@](C)(CC[C@@]3(C)OC[C@@]23C)[C@@H]1C/C=C1/C(=O)OC[C@H]1O. The summed E-state index contributed by atoms with van der Waals surface area (Å²) in [4.78, 5) is 11.8. The van der Waals surface area contributed by atoms with E-state index in [0.717, 1.165) is 32.3 Å². The van der Waals surface area contributed by atoms with Gasteiger partial charge >= 0.3 is 5.97 Å². The van der Waals surface area contributed by atoms with Crippen LogP contribution in [0.2, 0.25) is 0 Å². The molecule has 4 rings (SSSR count). The van der Waals surface area contributed by atoms with Gasteiger partial charge in [0.25, 0.3) is 0 Å². The van der Waals surface area contributed by atoms with Crippen LogP contribution in [0, 0.1) is 22.7 Å². The van der Waals surface area contributed by atoms with Crippen LogP contribution < -0.4 is 0 Å². The van der Waals surface area contributed by atoms with Crippen molar-refractivity contribution in [1.29, 1.82) is 0 Å². The second kappa shape index (κ2) is 5.43. The van der Waals surface area contributed by atoms with Crippen molar-refractivity contribution in [2.45, 2.75) is 64.6 Å². The Balaban J connectivity index is 1.62. The van der Waals surface area contributed by atoms with E-state index in [9.17, 15) is 9.90 Å². The van der Waals surface area contributed by atoms with Crippen molar-refractivity contribution in [3.63, 3.8) is 0 Å². The van der Waals surface area contributed by atoms with E-state index in [2.05, 4.69) is 27.4 Å². The van der Waals surface area contributed by atoms with Gasteiger partial charge in [-0.25, -0.2) is 4.79 Å². The number of rotatable bonds is 2. The van der Waals surface area contributed by atoms with Gasteiger partial charge in [-0.2, -0.15) is 0 Å². The highest BCUT2D eigenvalue weighted by molar-refractivity contribution is 5.91. The first-order valence-electron chi connectivity index (χ1n) is 9.58. The zero-order chi connectivity index (χ0) is 18.0. The summed E-state index contributed by atoms with van der Waals surface area (Å²) >= 11 is 0. The van der Waals surface area contributed by atoms with Gasteiger partial charge in [0.15, 0.2) is 0 Å². The molecular weight excluding hydrogens is 316 g/mol. The lowest BCUT2D eigenvalue weighted by atomic mass is 9.42. The molecule has 2 aliphatic heterocycles. The molecule has 2 saturated carbocycles. The Kier molecular flexibility index (Phi) is 3.76. The van der Waals surface area contributed by atoms with Crippen LogP contribution in [-0.2, 0) is 14.3 Å². The van der Waals surface area contributed by atoms with Crippen molar-refractivity contribution in [2.24, 2.45) is 22.7 Å². The molecule has 2 heterocycles.